The molecule has 0 radical (unpaired) electrons. The molecule has 0 aromatic carbocycles. The maximum absolute atomic E-state index is 4.46. The van der Waals surface area contributed by atoms with Crippen LogP contribution >= 0.6 is 0 Å². The van der Waals surface area contributed by atoms with E-state index in [1.807, 2.05) is 7.05 Å². The Labute approximate surface area is 111 Å². The van der Waals surface area contributed by atoms with Crippen LogP contribution in [0.25, 0.3) is 0 Å². The lowest BCUT2D eigenvalue weighted by molar-refractivity contribution is 0.582. The molecule has 0 saturated heterocycles. The summed E-state index contributed by atoms with van der Waals surface area (Å²) in [5.41, 5.74) is 1.23. The van der Waals surface area contributed by atoms with Gasteiger partial charge in [-0.05, 0) is 18.8 Å². The Kier molecular flexibility index (Phi) is 5.89. The summed E-state index contributed by atoms with van der Waals surface area (Å²) in [5.74, 6) is 2.74. The average molecular weight is 250 g/mol. The Morgan fingerprint density at radius 3 is 2.61 bits per heavy atom. The molecule has 102 valence electrons. The van der Waals surface area contributed by atoms with Gasteiger partial charge in [-0.25, -0.2) is 9.97 Å². The summed E-state index contributed by atoms with van der Waals surface area (Å²) in [5, 5.41) is 3.16. The van der Waals surface area contributed by atoms with Crippen LogP contribution in [-0.4, -0.2) is 30.6 Å². The summed E-state index contributed by atoms with van der Waals surface area (Å²) in [6.45, 7) is 7.72. The van der Waals surface area contributed by atoms with E-state index in [1.54, 1.807) is 6.33 Å². The topological polar surface area (TPSA) is 41.1 Å². The smallest absolute Gasteiger partial charge is 0.137 e. The summed E-state index contributed by atoms with van der Waals surface area (Å²) >= 11 is 0. The van der Waals surface area contributed by atoms with Crippen LogP contribution in [0.4, 0.5) is 11.6 Å². The van der Waals surface area contributed by atoms with E-state index in [4.69, 9.17) is 0 Å². The fourth-order valence-electron chi connectivity index (χ4n) is 1.99. The molecule has 0 saturated carbocycles. The van der Waals surface area contributed by atoms with Crippen molar-refractivity contribution in [3.63, 3.8) is 0 Å². The van der Waals surface area contributed by atoms with Crippen LogP contribution in [0.3, 0.4) is 0 Å². The molecule has 18 heavy (non-hydrogen) atoms. The second-order valence-corrected chi connectivity index (χ2v) is 5.13. The van der Waals surface area contributed by atoms with E-state index in [1.165, 1.54) is 12.0 Å². The molecular weight excluding hydrogens is 224 g/mol. The monoisotopic (exact) mass is 250 g/mol. The number of nitrogens with one attached hydrogen (secondary N) is 1. The van der Waals surface area contributed by atoms with Crippen molar-refractivity contribution in [3.8, 4) is 0 Å². The van der Waals surface area contributed by atoms with Gasteiger partial charge in [0, 0.05) is 26.2 Å². The molecule has 0 aliphatic heterocycles. The Balaban J connectivity index is 2.91. The largest absolute Gasteiger partial charge is 0.373 e. The third-order valence-corrected chi connectivity index (χ3v) is 3.06. The highest BCUT2D eigenvalue weighted by Gasteiger charge is 2.13. The number of nitrogens with zero attached hydrogens (tertiary/aromatic N) is 3. The Morgan fingerprint density at radius 2 is 2.06 bits per heavy atom. The minimum absolute atomic E-state index is 0.715. The minimum atomic E-state index is 0.715. The lowest BCUT2D eigenvalue weighted by Gasteiger charge is -2.23. The Morgan fingerprint density at radius 1 is 1.33 bits per heavy atom. The van der Waals surface area contributed by atoms with Gasteiger partial charge in [-0.15, -0.1) is 0 Å². The number of hydrogen-bond donors (Lipinski definition) is 1. The molecule has 4 heteroatoms. The standard InChI is InChI=1S/C14H26N4/c1-6-7-12-13(15-4)16-10-17-14(12)18(5)9-8-11(2)3/h10-11H,6-9H2,1-5H3,(H,15,16,17). The molecule has 0 atom stereocenters. The minimum Gasteiger partial charge on any atom is -0.373 e. The Hall–Kier alpha value is -1.32. The first-order valence-electron chi connectivity index (χ1n) is 6.82. The van der Waals surface area contributed by atoms with Crippen molar-refractivity contribution in [2.24, 2.45) is 5.92 Å². The third-order valence-electron chi connectivity index (χ3n) is 3.06. The van der Waals surface area contributed by atoms with Crippen molar-refractivity contribution in [1.29, 1.82) is 0 Å². The first-order valence-corrected chi connectivity index (χ1v) is 6.82. The summed E-state index contributed by atoms with van der Waals surface area (Å²) in [4.78, 5) is 11.0. The van der Waals surface area contributed by atoms with Crippen LogP contribution in [0.5, 0.6) is 0 Å². The van der Waals surface area contributed by atoms with Gasteiger partial charge in [0.15, 0.2) is 0 Å². The van der Waals surface area contributed by atoms with Crippen LogP contribution in [0.1, 0.15) is 39.2 Å². The zero-order chi connectivity index (χ0) is 13.5. The molecule has 0 unspecified atom stereocenters. The molecule has 1 aromatic rings. The number of hydrogen-bond acceptors (Lipinski definition) is 4. The van der Waals surface area contributed by atoms with Crippen molar-refractivity contribution in [2.45, 2.75) is 40.0 Å². The molecule has 1 aromatic heterocycles. The number of aromatic nitrogens is 2. The van der Waals surface area contributed by atoms with Gasteiger partial charge in [-0.2, -0.15) is 0 Å². The van der Waals surface area contributed by atoms with Crippen LogP contribution in [0.2, 0.25) is 0 Å². The Bertz CT molecular complexity index is 363. The fraction of sp³-hybridized carbons (Fsp3) is 0.714. The van der Waals surface area contributed by atoms with Gasteiger partial charge in [0.1, 0.15) is 18.0 Å². The number of anilines is 2. The highest BCUT2D eigenvalue weighted by atomic mass is 15.2. The maximum Gasteiger partial charge on any atom is 0.137 e. The quantitative estimate of drug-likeness (QED) is 0.808. The van der Waals surface area contributed by atoms with Crippen molar-refractivity contribution >= 4 is 11.6 Å². The summed E-state index contributed by atoms with van der Waals surface area (Å²) < 4.78 is 0. The van der Waals surface area contributed by atoms with Gasteiger partial charge < -0.3 is 10.2 Å². The zero-order valence-corrected chi connectivity index (χ0v) is 12.3. The van der Waals surface area contributed by atoms with E-state index in [2.05, 4.69) is 48.0 Å². The van der Waals surface area contributed by atoms with E-state index >= 15 is 0 Å². The van der Waals surface area contributed by atoms with E-state index in [-0.39, 0.29) is 0 Å². The highest BCUT2D eigenvalue weighted by molar-refractivity contribution is 5.58. The maximum atomic E-state index is 4.46. The third kappa shape index (κ3) is 3.86. The molecule has 1 heterocycles. The van der Waals surface area contributed by atoms with Crippen molar-refractivity contribution < 1.29 is 0 Å². The molecule has 0 bridgehead atoms. The summed E-state index contributed by atoms with van der Waals surface area (Å²) in [6.07, 6.45) is 4.94. The van der Waals surface area contributed by atoms with E-state index in [9.17, 15) is 0 Å². The fourth-order valence-corrected chi connectivity index (χ4v) is 1.99. The van der Waals surface area contributed by atoms with Crippen molar-refractivity contribution in [1.82, 2.24) is 9.97 Å². The van der Waals surface area contributed by atoms with Crippen LogP contribution in [0, 0.1) is 5.92 Å². The van der Waals surface area contributed by atoms with E-state index in [0.717, 1.165) is 31.0 Å². The van der Waals surface area contributed by atoms with E-state index < -0.39 is 0 Å². The molecular formula is C14H26N4. The SMILES string of the molecule is CCCc1c(NC)ncnc1N(C)CCC(C)C. The van der Waals surface area contributed by atoms with Gasteiger partial charge in [0.25, 0.3) is 0 Å². The predicted octanol–water partition coefficient (Wildman–Crippen LogP) is 2.95. The molecule has 0 fully saturated rings. The molecule has 1 N–H and O–H groups in total. The molecule has 0 aliphatic rings. The van der Waals surface area contributed by atoms with Gasteiger partial charge in [-0.3, -0.25) is 0 Å². The highest BCUT2D eigenvalue weighted by Crippen LogP contribution is 2.24. The van der Waals surface area contributed by atoms with Crippen molar-refractivity contribution in [2.75, 3.05) is 30.9 Å². The average Bonchev–Trinajstić information content (AvgIpc) is 2.36. The molecule has 0 spiro atoms. The lowest BCUT2D eigenvalue weighted by atomic mass is 10.1. The molecule has 0 amide bonds. The first-order chi connectivity index (χ1) is 8.60. The molecule has 0 aliphatic carbocycles. The van der Waals surface area contributed by atoms with Crippen LogP contribution < -0.4 is 10.2 Å². The first kappa shape index (κ1) is 14.7. The predicted molar refractivity (Wildman–Crippen MR) is 78.3 cm³/mol. The van der Waals surface area contributed by atoms with Crippen LogP contribution in [0.15, 0.2) is 6.33 Å². The molecule has 4 nitrogen and oxygen atoms in total. The van der Waals surface area contributed by atoms with Gasteiger partial charge in [-0.1, -0.05) is 27.2 Å². The van der Waals surface area contributed by atoms with Crippen LogP contribution in [-0.2, 0) is 6.42 Å². The van der Waals surface area contributed by atoms with Gasteiger partial charge in [0.05, 0.1) is 0 Å². The zero-order valence-electron chi connectivity index (χ0n) is 12.3. The molecule has 1 rings (SSSR count). The normalized spacial score (nSPS) is 10.8. The summed E-state index contributed by atoms with van der Waals surface area (Å²) in [7, 11) is 4.03. The second-order valence-electron chi connectivity index (χ2n) is 5.13. The van der Waals surface area contributed by atoms with Gasteiger partial charge >= 0.3 is 0 Å². The van der Waals surface area contributed by atoms with Crippen molar-refractivity contribution in [3.05, 3.63) is 11.9 Å². The second kappa shape index (κ2) is 7.19. The number of rotatable bonds is 7. The van der Waals surface area contributed by atoms with Gasteiger partial charge in [0.2, 0.25) is 0 Å². The lowest BCUT2D eigenvalue weighted by Crippen LogP contribution is -2.23. The van der Waals surface area contributed by atoms with E-state index in [0.29, 0.717) is 5.92 Å². The summed E-state index contributed by atoms with van der Waals surface area (Å²) in [6, 6.07) is 0.